The highest BCUT2D eigenvalue weighted by atomic mass is 16.5. The Morgan fingerprint density at radius 2 is 1.28 bits per heavy atom. The first kappa shape index (κ1) is 15.9. The second kappa shape index (κ2) is 5.69. The number of hydrogen-bond donors (Lipinski definition) is 2. The summed E-state index contributed by atoms with van der Waals surface area (Å²) in [5, 5.41) is 11.9. The molecule has 140 valence electrons. The molecular formula is C24H17N3O2. The minimum atomic E-state index is 0.220. The highest BCUT2D eigenvalue weighted by molar-refractivity contribution is 6.10. The lowest BCUT2D eigenvalue weighted by Gasteiger charge is -2.32. The molecule has 1 aliphatic rings. The van der Waals surface area contributed by atoms with Gasteiger partial charge < -0.3 is 20.6 Å². The zero-order valence-corrected chi connectivity index (χ0v) is 15.4. The number of nitrogens with two attached hydrogens (primary N) is 1. The number of aromatic nitrogens is 1. The molecule has 0 unspecified atom stereocenters. The van der Waals surface area contributed by atoms with Crippen molar-refractivity contribution in [2.45, 2.75) is 0 Å². The molecule has 0 saturated carbocycles. The van der Waals surface area contributed by atoms with Crippen molar-refractivity contribution >= 4 is 38.9 Å². The Hall–Kier alpha value is -4.12. The van der Waals surface area contributed by atoms with Gasteiger partial charge >= 0.3 is 0 Å². The molecule has 0 fully saturated rings. The minimum absolute atomic E-state index is 0.220. The average Bonchev–Trinajstić information content (AvgIpc) is 3.03. The molecular weight excluding hydrogens is 362 g/mol. The number of rotatable bonds is 1. The van der Waals surface area contributed by atoms with Crippen molar-refractivity contribution in [1.82, 2.24) is 4.68 Å². The van der Waals surface area contributed by atoms with Crippen molar-refractivity contribution in [3.8, 4) is 17.2 Å². The van der Waals surface area contributed by atoms with E-state index in [0.29, 0.717) is 0 Å². The van der Waals surface area contributed by atoms with Gasteiger partial charge in [0.1, 0.15) is 5.75 Å². The molecule has 0 amide bonds. The molecule has 1 aliphatic heterocycles. The summed E-state index contributed by atoms with van der Waals surface area (Å²) in [4.78, 5) is 2.19. The Bertz CT molecular complexity index is 1380. The van der Waals surface area contributed by atoms with Crippen molar-refractivity contribution in [1.29, 1.82) is 0 Å². The summed E-state index contributed by atoms with van der Waals surface area (Å²) in [5.74, 6) is 8.15. The number of ether oxygens (including phenoxy) is 1. The number of hydrogen-bond acceptors (Lipinski definition) is 4. The summed E-state index contributed by atoms with van der Waals surface area (Å²) in [7, 11) is 0. The van der Waals surface area contributed by atoms with Crippen molar-refractivity contribution in [2.24, 2.45) is 0 Å². The predicted molar refractivity (Wildman–Crippen MR) is 116 cm³/mol. The van der Waals surface area contributed by atoms with Crippen molar-refractivity contribution in [3.63, 3.8) is 0 Å². The normalized spacial score (nSPS) is 12.6. The molecule has 0 bridgehead atoms. The first-order valence-corrected chi connectivity index (χ1v) is 9.39. The van der Waals surface area contributed by atoms with E-state index in [1.165, 1.54) is 0 Å². The van der Waals surface area contributed by atoms with Crippen LogP contribution in [0.2, 0.25) is 0 Å². The summed E-state index contributed by atoms with van der Waals surface area (Å²) in [6, 6.07) is 27.4. The standard InChI is InChI=1S/C24H17N3O2/c25-27-19-11-9-15(13-17(19)18-14-16(28)10-12-20(18)27)26-21-5-1-3-7-23(21)29-24-8-4-2-6-22(24)26/h1-14,28H,25H2. The minimum Gasteiger partial charge on any atom is -0.508 e. The Balaban J connectivity index is 1.65. The van der Waals surface area contributed by atoms with Gasteiger partial charge in [0, 0.05) is 16.5 Å². The van der Waals surface area contributed by atoms with Crippen molar-refractivity contribution < 1.29 is 9.84 Å². The van der Waals surface area contributed by atoms with Gasteiger partial charge in [0.15, 0.2) is 11.5 Å². The van der Waals surface area contributed by atoms with E-state index in [0.717, 1.165) is 50.4 Å². The van der Waals surface area contributed by atoms with Crippen LogP contribution in [0.5, 0.6) is 17.2 Å². The maximum Gasteiger partial charge on any atom is 0.151 e. The Morgan fingerprint density at radius 3 is 1.97 bits per heavy atom. The molecule has 0 aliphatic carbocycles. The zero-order valence-electron chi connectivity index (χ0n) is 15.4. The van der Waals surface area contributed by atoms with E-state index < -0.39 is 0 Å². The Kier molecular flexibility index (Phi) is 3.12. The molecule has 4 aromatic carbocycles. The van der Waals surface area contributed by atoms with Crippen LogP contribution >= 0.6 is 0 Å². The van der Waals surface area contributed by atoms with Gasteiger partial charge in [-0.15, -0.1) is 0 Å². The largest absolute Gasteiger partial charge is 0.508 e. The summed E-state index contributed by atoms with van der Waals surface area (Å²) in [6.45, 7) is 0. The summed E-state index contributed by atoms with van der Waals surface area (Å²) in [6.07, 6.45) is 0. The molecule has 0 radical (unpaired) electrons. The summed E-state index contributed by atoms with van der Waals surface area (Å²) < 4.78 is 7.77. The van der Waals surface area contributed by atoms with Crippen LogP contribution in [0, 0.1) is 0 Å². The van der Waals surface area contributed by atoms with Gasteiger partial charge in [-0.05, 0) is 60.7 Å². The third-order valence-corrected chi connectivity index (χ3v) is 5.46. The predicted octanol–water partition coefficient (Wildman–Crippen LogP) is 5.79. The molecule has 1 aromatic heterocycles. The molecule has 5 heteroatoms. The number of anilines is 3. The number of nitrogens with zero attached hydrogens (tertiary/aromatic N) is 2. The van der Waals surface area contributed by atoms with E-state index in [1.807, 2.05) is 60.7 Å². The van der Waals surface area contributed by atoms with Crippen molar-refractivity contribution in [3.05, 3.63) is 84.9 Å². The molecule has 6 rings (SSSR count). The van der Waals surface area contributed by atoms with Crippen LogP contribution in [-0.4, -0.2) is 9.78 Å². The molecule has 0 atom stereocenters. The molecule has 5 aromatic rings. The molecule has 29 heavy (non-hydrogen) atoms. The van der Waals surface area contributed by atoms with Crippen LogP contribution < -0.4 is 15.5 Å². The van der Waals surface area contributed by atoms with Crippen LogP contribution in [0.15, 0.2) is 84.9 Å². The van der Waals surface area contributed by atoms with Crippen molar-refractivity contribution in [2.75, 3.05) is 10.7 Å². The monoisotopic (exact) mass is 379 g/mol. The van der Waals surface area contributed by atoms with Gasteiger partial charge in [-0.2, -0.15) is 0 Å². The Labute approximate surface area is 166 Å². The van der Waals surface area contributed by atoms with Gasteiger partial charge in [0.2, 0.25) is 0 Å². The number of aromatic hydroxyl groups is 1. The van der Waals surface area contributed by atoms with E-state index >= 15 is 0 Å². The highest BCUT2D eigenvalue weighted by Gasteiger charge is 2.25. The fourth-order valence-corrected chi connectivity index (χ4v) is 4.15. The van der Waals surface area contributed by atoms with Gasteiger partial charge in [-0.1, -0.05) is 24.3 Å². The number of fused-ring (bicyclic) bond motifs is 5. The van der Waals surface area contributed by atoms with Gasteiger partial charge in [-0.3, -0.25) is 4.68 Å². The lowest BCUT2D eigenvalue weighted by atomic mass is 10.1. The lowest BCUT2D eigenvalue weighted by Crippen LogP contribution is -2.15. The lowest BCUT2D eigenvalue weighted by molar-refractivity contribution is 0.476. The number of phenols is 1. The molecule has 5 nitrogen and oxygen atoms in total. The highest BCUT2D eigenvalue weighted by Crippen LogP contribution is 2.50. The zero-order chi connectivity index (χ0) is 19.5. The maximum atomic E-state index is 10.0. The second-order valence-electron chi connectivity index (χ2n) is 7.15. The van der Waals surface area contributed by atoms with E-state index in [9.17, 15) is 5.11 Å². The topological polar surface area (TPSA) is 63.7 Å². The van der Waals surface area contributed by atoms with Crippen LogP contribution in [0.3, 0.4) is 0 Å². The van der Waals surface area contributed by atoms with Gasteiger partial charge in [0.25, 0.3) is 0 Å². The quantitative estimate of drug-likeness (QED) is 0.355. The number of para-hydroxylation sites is 4. The molecule has 0 spiro atoms. The average molecular weight is 379 g/mol. The molecule has 2 heterocycles. The van der Waals surface area contributed by atoms with Crippen LogP contribution in [0.4, 0.5) is 17.1 Å². The first-order valence-electron chi connectivity index (χ1n) is 9.39. The van der Waals surface area contributed by atoms with Crippen LogP contribution in [-0.2, 0) is 0 Å². The number of nitrogen functional groups attached to an aromatic ring is 1. The van der Waals surface area contributed by atoms with E-state index in [1.54, 1.807) is 16.8 Å². The summed E-state index contributed by atoms with van der Waals surface area (Å²) >= 11 is 0. The fraction of sp³-hybridized carbons (Fsp3) is 0. The second-order valence-corrected chi connectivity index (χ2v) is 7.15. The van der Waals surface area contributed by atoms with E-state index in [-0.39, 0.29) is 5.75 Å². The number of phenolic OH excluding ortho intramolecular Hbond substituents is 1. The third-order valence-electron chi connectivity index (χ3n) is 5.46. The fourth-order valence-electron chi connectivity index (χ4n) is 4.15. The molecule has 3 N–H and O–H groups in total. The van der Waals surface area contributed by atoms with Gasteiger partial charge in [0.05, 0.1) is 22.4 Å². The smallest absolute Gasteiger partial charge is 0.151 e. The number of benzene rings is 4. The Morgan fingerprint density at radius 1 is 0.690 bits per heavy atom. The SMILES string of the molecule is Nn1c2ccc(O)cc2c2cc(N3c4ccccc4Oc4ccccc43)ccc21. The first-order chi connectivity index (χ1) is 14.2. The van der Waals surface area contributed by atoms with E-state index in [4.69, 9.17) is 10.6 Å². The summed E-state index contributed by atoms with van der Waals surface area (Å²) in [5.41, 5.74) is 4.73. The van der Waals surface area contributed by atoms with Crippen LogP contribution in [0.25, 0.3) is 21.8 Å². The third kappa shape index (κ3) is 2.21. The molecule has 0 saturated heterocycles. The van der Waals surface area contributed by atoms with E-state index in [2.05, 4.69) is 17.0 Å². The maximum absolute atomic E-state index is 10.0. The van der Waals surface area contributed by atoms with Crippen LogP contribution in [0.1, 0.15) is 0 Å². The van der Waals surface area contributed by atoms with Gasteiger partial charge in [-0.25, -0.2) is 0 Å².